The molecule has 1 aliphatic heterocycles. The molecule has 134 valence electrons. The van der Waals surface area contributed by atoms with Gasteiger partial charge in [-0.05, 0) is 48.2 Å². The monoisotopic (exact) mass is 388 g/mol. The van der Waals surface area contributed by atoms with Crippen LogP contribution in [0, 0.1) is 0 Å². The lowest BCUT2D eigenvalue weighted by molar-refractivity contribution is -0.121. The number of para-hydroxylation sites is 1. The number of aliphatic imine (C=N–C) groups is 1. The molecule has 0 spiro atoms. The molecule has 26 heavy (non-hydrogen) atoms. The van der Waals surface area contributed by atoms with Crippen molar-refractivity contribution in [3.05, 3.63) is 58.0 Å². The summed E-state index contributed by atoms with van der Waals surface area (Å²) in [5, 5.41) is 1.24. The topological polar surface area (TPSA) is 51.1 Å². The Hall–Kier alpha value is -2.44. The van der Waals surface area contributed by atoms with Crippen LogP contribution in [0.2, 0.25) is 5.02 Å². The van der Waals surface area contributed by atoms with Crippen molar-refractivity contribution in [3.8, 4) is 11.5 Å². The second kappa shape index (κ2) is 7.85. The van der Waals surface area contributed by atoms with Gasteiger partial charge in [0.05, 0.1) is 24.8 Å². The maximum atomic E-state index is 12.6. The van der Waals surface area contributed by atoms with E-state index in [1.807, 2.05) is 18.2 Å². The van der Waals surface area contributed by atoms with E-state index in [1.165, 1.54) is 16.7 Å². The molecule has 0 saturated carbocycles. The van der Waals surface area contributed by atoms with E-state index in [0.717, 1.165) is 11.3 Å². The fourth-order valence-corrected chi connectivity index (χ4v) is 3.55. The smallest absolute Gasteiger partial charge is 0.266 e. The molecule has 3 rings (SSSR count). The average molecular weight is 389 g/mol. The van der Waals surface area contributed by atoms with Gasteiger partial charge in [-0.1, -0.05) is 23.7 Å². The van der Waals surface area contributed by atoms with E-state index in [-0.39, 0.29) is 5.91 Å². The Morgan fingerprint density at radius 3 is 2.50 bits per heavy atom. The lowest BCUT2D eigenvalue weighted by atomic mass is 10.1. The van der Waals surface area contributed by atoms with Crippen molar-refractivity contribution in [2.75, 3.05) is 21.3 Å². The minimum atomic E-state index is -0.118. The highest BCUT2D eigenvalue weighted by Gasteiger charge is 2.30. The number of thioether (sulfide) groups is 1. The molecule has 7 heteroatoms. The average Bonchev–Trinajstić information content (AvgIpc) is 2.91. The van der Waals surface area contributed by atoms with E-state index in [1.54, 1.807) is 51.6 Å². The zero-order chi connectivity index (χ0) is 18.7. The van der Waals surface area contributed by atoms with Gasteiger partial charge in [0.1, 0.15) is 0 Å². The number of methoxy groups -OCH3 is 2. The highest BCUT2D eigenvalue weighted by Crippen LogP contribution is 2.37. The van der Waals surface area contributed by atoms with Crippen molar-refractivity contribution < 1.29 is 14.3 Å². The van der Waals surface area contributed by atoms with Gasteiger partial charge in [0.15, 0.2) is 16.7 Å². The molecule has 1 saturated heterocycles. The molecule has 0 aromatic heterocycles. The van der Waals surface area contributed by atoms with Crippen LogP contribution in [0.15, 0.2) is 52.4 Å². The third-order valence-electron chi connectivity index (χ3n) is 3.77. The largest absolute Gasteiger partial charge is 0.493 e. The van der Waals surface area contributed by atoms with E-state index in [0.29, 0.717) is 26.6 Å². The molecule has 0 radical (unpaired) electrons. The second-order valence-electron chi connectivity index (χ2n) is 5.43. The third-order valence-corrected chi connectivity index (χ3v) is 5.09. The van der Waals surface area contributed by atoms with E-state index in [9.17, 15) is 4.79 Å². The van der Waals surface area contributed by atoms with Crippen LogP contribution in [0.25, 0.3) is 6.08 Å². The van der Waals surface area contributed by atoms with Gasteiger partial charge in [-0.25, -0.2) is 4.99 Å². The number of hydrogen-bond donors (Lipinski definition) is 0. The predicted molar refractivity (Wildman–Crippen MR) is 106 cm³/mol. The van der Waals surface area contributed by atoms with Gasteiger partial charge >= 0.3 is 0 Å². The third kappa shape index (κ3) is 3.71. The summed E-state index contributed by atoms with van der Waals surface area (Å²) in [4.78, 5) is 19.2. The Kier molecular flexibility index (Phi) is 5.54. The zero-order valence-electron chi connectivity index (χ0n) is 14.5. The van der Waals surface area contributed by atoms with Gasteiger partial charge < -0.3 is 9.47 Å². The number of benzene rings is 2. The SMILES string of the molecule is COc1cccc(C=C2SC(=Nc3ccc(Cl)cc3)N(C)C2=O)c1OC. The first kappa shape index (κ1) is 18.4. The van der Waals surface area contributed by atoms with Crippen molar-refractivity contribution in [2.24, 2.45) is 4.99 Å². The Morgan fingerprint density at radius 1 is 1.12 bits per heavy atom. The number of amides is 1. The number of likely N-dealkylation sites (N-methyl/N-ethyl adjacent to an activating group) is 1. The van der Waals surface area contributed by atoms with Crippen molar-refractivity contribution in [3.63, 3.8) is 0 Å². The van der Waals surface area contributed by atoms with Gasteiger partial charge in [0, 0.05) is 17.6 Å². The van der Waals surface area contributed by atoms with Crippen molar-refractivity contribution in [2.45, 2.75) is 0 Å². The van der Waals surface area contributed by atoms with Crippen LogP contribution in [-0.2, 0) is 4.79 Å². The highest BCUT2D eigenvalue weighted by molar-refractivity contribution is 8.18. The summed E-state index contributed by atoms with van der Waals surface area (Å²) in [7, 11) is 4.85. The lowest BCUT2D eigenvalue weighted by Crippen LogP contribution is -2.23. The summed E-state index contributed by atoms with van der Waals surface area (Å²) in [5.74, 6) is 1.08. The van der Waals surface area contributed by atoms with Crippen LogP contribution < -0.4 is 9.47 Å². The highest BCUT2D eigenvalue weighted by atomic mass is 35.5. The van der Waals surface area contributed by atoms with Crippen LogP contribution >= 0.6 is 23.4 Å². The van der Waals surface area contributed by atoms with Crippen molar-refractivity contribution >= 4 is 46.2 Å². The van der Waals surface area contributed by atoms with Crippen LogP contribution in [-0.4, -0.2) is 37.2 Å². The molecule has 2 aromatic rings. The molecule has 1 heterocycles. The summed E-state index contributed by atoms with van der Waals surface area (Å²) in [6.07, 6.45) is 1.79. The van der Waals surface area contributed by atoms with Gasteiger partial charge in [-0.3, -0.25) is 9.69 Å². The number of nitrogens with zero attached hydrogens (tertiary/aromatic N) is 2. The molecule has 0 unspecified atom stereocenters. The number of carbonyl (C=O) groups excluding carboxylic acids is 1. The summed E-state index contributed by atoms with van der Waals surface area (Å²) in [5.41, 5.74) is 1.50. The van der Waals surface area contributed by atoms with E-state index in [2.05, 4.69) is 4.99 Å². The number of carbonyl (C=O) groups is 1. The maximum Gasteiger partial charge on any atom is 0.266 e. The van der Waals surface area contributed by atoms with E-state index in [4.69, 9.17) is 21.1 Å². The molecule has 0 atom stereocenters. The molecule has 2 aromatic carbocycles. The molecule has 0 N–H and O–H groups in total. The normalized spacial score (nSPS) is 17.2. The summed E-state index contributed by atoms with van der Waals surface area (Å²) < 4.78 is 10.7. The number of amidine groups is 1. The zero-order valence-corrected chi connectivity index (χ0v) is 16.1. The lowest BCUT2D eigenvalue weighted by Gasteiger charge is -2.10. The Balaban J connectivity index is 1.94. The quantitative estimate of drug-likeness (QED) is 0.719. The summed E-state index contributed by atoms with van der Waals surface area (Å²) in [6, 6.07) is 12.7. The fourth-order valence-electron chi connectivity index (χ4n) is 2.44. The molecular formula is C19H17ClN2O3S. The molecule has 1 aliphatic rings. The van der Waals surface area contributed by atoms with E-state index >= 15 is 0 Å². The number of ether oxygens (including phenoxy) is 2. The Bertz CT molecular complexity index is 894. The number of hydrogen-bond acceptors (Lipinski definition) is 5. The first-order valence-corrected chi connectivity index (χ1v) is 8.95. The van der Waals surface area contributed by atoms with Gasteiger partial charge in [-0.2, -0.15) is 0 Å². The molecule has 0 aliphatic carbocycles. The minimum Gasteiger partial charge on any atom is -0.493 e. The summed E-state index contributed by atoms with van der Waals surface area (Å²) >= 11 is 7.21. The second-order valence-corrected chi connectivity index (χ2v) is 6.87. The van der Waals surface area contributed by atoms with Gasteiger partial charge in [0.2, 0.25) is 0 Å². The fraction of sp³-hybridized carbons (Fsp3) is 0.158. The molecule has 5 nitrogen and oxygen atoms in total. The van der Waals surface area contributed by atoms with Crippen LogP contribution in [0.4, 0.5) is 5.69 Å². The molecular weight excluding hydrogens is 372 g/mol. The van der Waals surface area contributed by atoms with Crippen LogP contribution in [0.5, 0.6) is 11.5 Å². The first-order chi connectivity index (χ1) is 12.5. The van der Waals surface area contributed by atoms with Crippen LogP contribution in [0.1, 0.15) is 5.56 Å². The Morgan fingerprint density at radius 2 is 1.85 bits per heavy atom. The van der Waals surface area contributed by atoms with Crippen molar-refractivity contribution in [1.29, 1.82) is 0 Å². The molecule has 1 amide bonds. The standard InChI is InChI=1S/C19H17ClN2O3S/c1-22-18(23)16(11-12-5-4-6-15(24-2)17(12)25-3)26-19(22)21-14-9-7-13(20)8-10-14/h4-11H,1-3H3. The number of rotatable bonds is 4. The van der Waals surface area contributed by atoms with Crippen molar-refractivity contribution in [1.82, 2.24) is 4.90 Å². The number of halogens is 1. The van der Waals surface area contributed by atoms with Crippen LogP contribution in [0.3, 0.4) is 0 Å². The molecule has 1 fully saturated rings. The molecule has 0 bridgehead atoms. The summed E-state index contributed by atoms with van der Waals surface area (Å²) in [6.45, 7) is 0. The Labute approximate surface area is 161 Å². The minimum absolute atomic E-state index is 0.118. The van der Waals surface area contributed by atoms with Gasteiger partial charge in [0.25, 0.3) is 5.91 Å². The predicted octanol–water partition coefficient (Wildman–Crippen LogP) is 4.59. The maximum absolute atomic E-state index is 12.6. The first-order valence-electron chi connectivity index (χ1n) is 7.76. The van der Waals surface area contributed by atoms with Gasteiger partial charge in [-0.15, -0.1) is 0 Å². The van der Waals surface area contributed by atoms with E-state index < -0.39 is 0 Å².